The molecule has 14 nitrogen and oxygen atoms in total. The van der Waals surface area contributed by atoms with Gasteiger partial charge in [-0.2, -0.15) is 0 Å². The van der Waals surface area contributed by atoms with Gasteiger partial charge in [0.2, 0.25) is 0 Å². The molecule has 194 valence electrons. The van der Waals surface area contributed by atoms with Crippen LogP contribution in [0.15, 0.2) is 23.3 Å². The molecule has 1 saturated heterocycles. The number of phenols is 1. The molecule has 1 aromatic carbocycles. The van der Waals surface area contributed by atoms with Crippen molar-refractivity contribution in [3.05, 3.63) is 34.2 Å². The Morgan fingerprint density at radius 3 is 2.44 bits per heavy atom. The van der Waals surface area contributed by atoms with E-state index in [1.54, 1.807) is 13.8 Å². The molecule has 2 rings (SSSR count). The largest absolute Gasteiger partial charge is 0.537 e. The molecule has 36 heavy (non-hydrogen) atoms. The van der Waals surface area contributed by atoms with Gasteiger partial charge >= 0.3 is 12.1 Å². The molecule has 1 heterocycles. The van der Waals surface area contributed by atoms with Gasteiger partial charge in [-0.25, -0.2) is 4.79 Å². The number of imide groups is 1. The fourth-order valence-corrected chi connectivity index (χ4v) is 3.03. The third kappa shape index (κ3) is 8.47. The Morgan fingerprint density at radius 1 is 1.14 bits per heavy atom. The van der Waals surface area contributed by atoms with Crippen LogP contribution in [0, 0.1) is 5.92 Å². The van der Waals surface area contributed by atoms with E-state index in [-0.39, 0.29) is 36.3 Å². The van der Waals surface area contributed by atoms with Crippen LogP contribution in [0.3, 0.4) is 0 Å². The summed E-state index contributed by atoms with van der Waals surface area (Å²) in [6.45, 7) is 3.58. The van der Waals surface area contributed by atoms with E-state index in [9.17, 15) is 29.1 Å². The van der Waals surface area contributed by atoms with E-state index in [0.717, 1.165) is 0 Å². The number of nitrogens with zero attached hydrogens (tertiary/aromatic N) is 4. The number of carbonyl (C=O) groups excluding carboxylic acids is 5. The summed E-state index contributed by atoms with van der Waals surface area (Å²) in [7, 11) is 0. The van der Waals surface area contributed by atoms with Crippen molar-refractivity contribution in [2.75, 3.05) is 6.54 Å². The van der Waals surface area contributed by atoms with Gasteiger partial charge in [0, 0.05) is 42.3 Å². The third-order valence-electron chi connectivity index (χ3n) is 4.91. The molecule has 0 bridgehead atoms. The van der Waals surface area contributed by atoms with Crippen molar-refractivity contribution in [3.8, 4) is 5.75 Å². The number of benzene rings is 1. The van der Waals surface area contributed by atoms with E-state index in [1.165, 1.54) is 18.2 Å². The molecule has 14 heteroatoms. The Kier molecular flexibility index (Phi) is 10.5. The number of rotatable bonds is 12. The zero-order valence-electron chi connectivity index (χ0n) is 19.8. The molecule has 3 amide bonds. The standard InChI is InChI=1S/C22H27N5O9/c1-13(2)21(35-22(33)36-27-17(29)9-10-18(27)30)34-19(31)6-4-3-5-11-24-20(32)15-8-7-14(25-26-23)12-16(15)28/h7-8,12-13,21,28H,3-6,9-11H2,1-2H3,(H,24,32). The zero-order valence-corrected chi connectivity index (χ0v) is 19.8. The second kappa shape index (κ2) is 13.5. The predicted octanol–water partition coefficient (Wildman–Crippen LogP) is 3.37. The minimum atomic E-state index is -1.33. The maximum atomic E-state index is 12.2. The Hall–Kier alpha value is -4.32. The summed E-state index contributed by atoms with van der Waals surface area (Å²) in [5.74, 6) is -3.18. The summed E-state index contributed by atoms with van der Waals surface area (Å²) in [6, 6.07) is 3.92. The Morgan fingerprint density at radius 2 is 1.83 bits per heavy atom. The first-order valence-electron chi connectivity index (χ1n) is 11.2. The highest BCUT2D eigenvalue weighted by atomic mass is 16.9. The number of phenolic OH excluding ortho intramolecular Hbond substituents is 1. The number of unbranched alkanes of at least 4 members (excludes halogenated alkanes) is 2. The number of nitrogens with one attached hydrogen (secondary N) is 1. The number of carbonyl (C=O) groups is 5. The average Bonchev–Trinajstić information content (AvgIpc) is 3.13. The Labute approximate surface area is 206 Å². The van der Waals surface area contributed by atoms with Gasteiger partial charge in [0.15, 0.2) is 0 Å². The monoisotopic (exact) mass is 505 g/mol. The van der Waals surface area contributed by atoms with Crippen LogP contribution in [0.4, 0.5) is 10.5 Å². The Balaban J connectivity index is 1.67. The number of esters is 1. The van der Waals surface area contributed by atoms with Crippen molar-refractivity contribution in [2.45, 2.75) is 58.7 Å². The summed E-state index contributed by atoms with van der Waals surface area (Å²) >= 11 is 0. The summed E-state index contributed by atoms with van der Waals surface area (Å²) in [4.78, 5) is 66.4. The van der Waals surface area contributed by atoms with Crippen molar-refractivity contribution >= 4 is 35.5 Å². The molecule has 1 aliphatic rings. The van der Waals surface area contributed by atoms with E-state index < -0.39 is 42.1 Å². The van der Waals surface area contributed by atoms with Crippen LogP contribution >= 0.6 is 0 Å². The quantitative estimate of drug-likeness (QED) is 0.0813. The molecule has 0 radical (unpaired) electrons. The second-order valence-electron chi connectivity index (χ2n) is 8.10. The SMILES string of the molecule is CC(C)C(OC(=O)CCCCCNC(=O)c1ccc(N=[N+]=[N-])cc1O)OC(=O)ON1C(=O)CCC1=O. The van der Waals surface area contributed by atoms with Crippen LogP contribution in [0.1, 0.15) is 62.7 Å². The second-order valence-corrected chi connectivity index (χ2v) is 8.10. The summed E-state index contributed by atoms with van der Waals surface area (Å²) in [5.41, 5.74) is 8.61. The van der Waals surface area contributed by atoms with Crippen molar-refractivity contribution < 1.29 is 43.4 Å². The molecule has 1 unspecified atom stereocenters. The average molecular weight is 505 g/mol. The molecule has 2 N–H and O–H groups in total. The van der Waals surface area contributed by atoms with Gasteiger partial charge in [0.25, 0.3) is 24.0 Å². The summed E-state index contributed by atoms with van der Waals surface area (Å²) in [5, 5.41) is 16.2. The van der Waals surface area contributed by atoms with Crippen LogP contribution in [0.5, 0.6) is 5.75 Å². The maximum Gasteiger partial charge on any atom is 0.537 e. The van der Waals surface area contributed by atoms with Crippen LogP contribution in [0.2, 0.25) is 0 Å². The fraction of sp³-hybridized carbons (Fsp3) is 0.500. The van der Waals surface area contributed by atoms with Crippen LogP contribution in [-0.2, 0) is 28.7 Å². The molecule has 0 aliphatic carbocycles. The van der Waals surface area contributed by atoms with E-state index in [1.807, 2.05) is 0 Å². The predicted molar refractivity (Wildman–Crippen MR) is 121 cm³/mol. The van der Waals surface area contributed by atoms with Crippen molar-refractivity contribution in [2.24, 2.45) is 11.0 Å². The molecule has 1 aliphatic heterocycles. The fourth-order valence-electron chi connectivity index (χ4n) is 3.03. The number of aromatic hydroxyl groups is 1. The molecule has 1 atom stereocenters. The lowest BCUT2D eigenvalue weighted by Crippen LogP contribution is -2.36. The maximum absolute atomic E-state index is 12.2. The van der Waals surface area contributed by atoms with Crippen LogP contribution in [-0.4, -0.2) is 52.9 Å². The number of ether oxygens (including phenoxy) is 2. The Bertz CT molecular complexity index is 1040. The van der Waals surface area contributed by atoms with Crippen LogP contribution in [0.25, 0.3) is 10.4 Å². The van der Waals surface area contributed by atoms with E-state index in [2.05, 4.69) is 20.2 Å². The molecule has 1 fully saturated rings. The van der Waals surface area contributed by atoms with Crippen molar-refractivity contribution in [1.82, 2.24) is 10.4 Å². The highest BCUT2D eigenvalue weighted by Crippen LogP contribution is 2.24. The number of azide groups is 1. The molecule has 0 spiro atoms. The smallest absolute Gasteiger partial charge is 0.507 e. The summed E-state index contributed by atoms with van der Waals surface area (Å²) in [6.07, 6.45) is -1.14. The first-order chi connectivity index (χ1) is 17.1. The number of hydroxylamine groups is 2. The highest BCUT2D eigenvalue weighted by molar-refractivity contribution is 6.01. The molecule has 1 aromatic rings. The molecular weight excluding hydrogens is 478 g/mol. The van der Waals surface area contributed by atoms with Gasteiger partial charge in [-0.05, 0) is 30.5 Å². The van der Waals surface area contributed by atoms with Crippen LogP contribution < -0.4 is 5.32 Å². The lowest BCUT2D eigenvalue weighted by Gasteiger charge is -2.22. The normalized spacial score (nSPS) is 13.7. The molecule has 0 saturated carbocycles. The lowest BCUT2D eigenvalue weighted by molar-refractivity contribution is -0.199. The number of amides is 3. The van der Waals surface area contributed by atoms with E-state index in [4.69, 9.17) is 15.0 Å². The van der Waals surface area contributed by atoms with Gasteiger partial charge in [0.1, 0.15) is 5.75 Å². The van der Waals surface area contributed by atoms with Gasteiger partial charge in [-0.15, -0.1) is 0 Å². The van der Waals surface area contributed by atoms with Crippen molar-refractivity contribution in [1.29, 1.82) is 0 Å². The minimum Gasteiger partial charge on any atom is -0.507 e. The van der Waals surface area contributed by atoms with E-state index in [0.29, 0.717) is 30.9 Å². The topological polar surface area (TPSA) is 197 Å². The first-order valence-corrected chi connectivity index (χ1v) is 11.2. The highest BCUT2D eigenvalue weighted by Gasteiger charge is 2.34. The molecular formula is C22H27N5O9. The first kappa shape index (κ1) is 27.9. The molecule has 0 aromatic heterocycles. The van der Waals surface area contributed by atoms with Gasteiger partial charge in [-0.1, -0.05) is 36.5 Å². The number of hydrogen-bond donors (Lipinski definition) is 2. The van der Waals surface area contributed by atoms with Gasteiger partial charge in [0.05, 0.1) is 5.56 Å². The number of hydrogen-bond acceptors (Lipinski definition) is 10. The summed E-state index contributed by atoms with van der Waals surface area (Å²) < 4.78 is 10.1. The van der Waals surface area contributed by atoms with E-state index >= 15 is 0 Å². The zero-order chi connectivity index (χ0) is 26.7. The third-order valence-corrected chi connectivity index (χ3v) is 4.91. The lowest BCUT2D eigenvalue weighted by atomic mass is 10.1. The minimum absolute atomic E-state index is 0.0281. The van der Waals surface area contributed by atoms with Crippen molar-refractivity contribution in [3.63, 3.8) is 0 Å². The van der Waals surface area contributed by atoms with Gasteiger partial charge in [-0.3, -0.25) is 24.0 Å². The van der Waals surface area contributed by atoms with Gasteiger partial charge < -0.3 is 19.9 Å².